The van der Waals surface area contributed by atoms with Crippen LogP contribution >= 0.6 is 0 Å². The van der Waals surface area contributed by atoms with Gasteiger partial charge in [-0.2, -0.15) is 0 Å². The van der Waals surface area contributed by atoms with E-state index in [1.54, 1.807) is 24.3 Å². The van der Waals surface area contributed by atoms with Gasteiger partial charge < -0.3 is 4.74 Å². The lowest BCUT2D eigenvalue weighted by Crippen LogP contribution is -2.34. The van der Waals surface area contributed by atoms with Gasteiger partial charge in [0.25, 0.3) is 0 Å². The van der Waals surface area contributed by atoms with Crippen molar-refractivity contribution in [3.05, 3.63) is 64.2 Å². The van der Waals surface area contributed by atoms with Gasteiger partial charge in [0.15, 0.2) is 12.4 Å². The molecule has 0 fully saturated rings. The predicted molar refractivity (Wildman–Crippen MR) is 110 cm³/mol. The number of carbonyl (C=O) groups is 2. The van der Waals surface area contributed by atoms with Crippen molar-refractivity contribution in [2.24, 2.45) is 0 Å². The summed E-state index contributed by atoms with van der Waals surface area (Å²) in [6.07, 6.45) is 4.82. The second kappa shape index (κ2) is 7.30. The number of ether oxygens (including phenoxy) is 1. The molecule has 0 unspecified atom stereocenters. The van der Waals surface area contributed by atoms with Gasteiger partial charge in [-0.1, -0.05) is 6.07 Å². The molecular weight excluding hydrogens is 390 g/mol. The Balaban J connectivity index is 1.44. The van der Waals surface area contributed by atoms with E-state index >= 15 is 0 Å². The molecule has 0 saturated heterocycles. The number of hydrogen-bond donors (Lipinski definition) is 0. The van der Waals surface area contributed by atoms with Crippen LogP contribution < -0.4 is 4.31 Å². The van der Waals surface area contributed by atoms with E-state index < -0.39 is 16.0 Å². The van der Waals surface area contributed by atoms with Gasteiger partial charge in [0, 0.05) is 11.6 Å². The molecule has 152 valence electrons. The summed E-state index contributed by atoms with van der Waals surface area (Å²) in [5.41, 5.74) is 4.73. The highest BCUT2D eigenvalue weighted by atomic mass is 32.2. The Morgan fingerprint density at radius 1 is 1.03 bits per heavy atom. The van der Waals surface area contributed by atoms with Crippen molar-refractivity contribution in [3.8, 4) is 0 Å². The highest BCUT2D eigenvalue weighted by molar-refractivity contribution is 7.92. The minimum absolute atomic E-state index is 0.192. The maximum atomic E-state index is 12.5. The van der Waals surface area contributed by atoms with Gasteiger partial charge >= 0.3 is 5.97 Å². The Morgan fingerprint density at radius 2 is 1.72 bits per heavy atom. The quantitative estimate of drug-likeness (QED) is 0.556. The molecule has 2 aromatic rings. The number of carbonyl (C=O) groups excluding carboxylic acids is 2. The summed E-state index contributed by atoms with van der Waals surface area (Å²) in [5.74, 6) is -0.821. The van der Waals surface area contributed by atoms with Gasteiger partial charge in [0.05, 0.1) is 17.5 Å². The van der Waals surface area contributed by atoms with Crippen LogP contribution in [0.15, 0.2) is 36.4 Å². The molecule has 0 radical (unpaired) electrons. The Labute approximate surface area is 170 Å². The summed E-state index contributed by atoms with van der Waals surface area (Å²) in [4.78, 5) is 24.8. The molecular formula is C22H23NO5S. The normalized spacial score (nSPS) is 17.7. The maximum absolute atomic E-state index is 12.5. The molecule has 29 heavy (non-hydrogen) atoms. The van der Waals surface area contributed by atoms with Crippen LogP contribution in [0.4, 0.5) is 5.69 Å². The molecule has 7 heteroatoms. The van der Waals surface area contributed by atoms with Crippen LogP contribution in [0.25, 0.3) is 0 Å². The number of rotatable bonds is 5. The van der Waals surface area contributed by atoms with Gasteiger partial charge in [0.1, 0.15) is 0 Å². The third kappa shape index (κ3) is 3.79. The number of nitrogens with zero attached hydrogens (tertiary/aromatic N) is 1. The summed E-state index contributed by atoms with van der Waals surface area (Å²) >= 11 is 0. The van der Waals surface area contributed by atoms with E-state index in [4.69, 9.17) is 4.74 Å². The van der Waals surface area contributed by atoms with Crippen LogP contribution in [0.3, 0.4) is 0 Å². The molecule has 2 aromatic carbocycles. The average molecular weight is 413 g/mol. The average Bonchev–Trinajstić information content (AvgIpc) is 3.26. The SMILES string of the molecule is C[C@@H]1Cc2cc(C(=O)COC(=O)c3ccc4c(c3)CCC4)ccc2N1S(C)(=O)=O. The van der Waals surface area contributed by atoms with Crippen molar-refractivity contribution in [1.29, 1.82) is 0 Å². The Morgan fingerprint density at radius 3 is 2.48 bits per heavy atom. The molecule has 0 saturated carbocycles. The third-order valence-corrected chi connectivity index (χ3v) is 6.85. The number of Topliss-reactive ketones (excluding diaryl/α,β-unsaturated/α-hetero) is 1. The zero-order chi connectivity index (χ0) is 20.8. The predicted octanol–water partition coefficient (Wildman–Crippen LogP) is 2.93. The molecule has 0 aromatic heterocycles. The molecule has 1 aliphatic carbocycles. The molecule has 1 aliphatic heterocycles. The van der Waals surface area contributed by atoms with Crippen molar-refractivity contribution in [1.82, 2.24) is 0 Å². The Kier molecular flexibility index (Phi) is 4.94. The molecule has 1 heterocycles. The number of aryl methyl sites for hydroxylation is 2. The lowest BCUT2D eigenvalue weighted by atomic mass is 10.0. The number of benzene rings is 2. The van der Waals surface area contributed by atoms with Gasteiger partial charge in [-0.05, 0) is 79.6 Å². The lowest BCUT2D eigenvalue weighted by Gasteiger charge is -2.21. The number of hydrogen-bond acceptors (Lipinski definition) is 5. The fraction of sp³-hybridized carbons (Fsp3) is 0.364. The van der Waals surface area contributed by atoms with Crippen LogP contribution in [0.1, 0.15) is 50.8 Å². The first-order chi connectivity index (χ1) is 13.7. The van der Waals surface area contributed by atoms with Crippen LogP contribution in [0.2, 0.25) is 0 Å². The fourth-order valence-corrected chi connectivity index (χ4v) is 5.54. The van der Waals surface area contributed by atoms with E-state index in [0.29, 0.717) is 23.2 Å². The molecule has 6 nitrogen and oxygen atoms in total. The van der Waals surface area contributed by atoms with Crippen molar-refractivity contribution in [2.45, 2.75) is 38.6 Å². The minimum Gasteiger partial charge on any atom is -0.454 e. The molecule has 0 bridgehead atoms. The van der Waals surface area contributed by atoms with E-state index in [1.165, 1.54) is 21.7 Å². The first-order valence-corrected chi connectivity index (χ1v) is 11.5. The summed E-state index contributed by atoms with van der Waals surface area (Å²) in [7, 11) is -3.38. The topological polar surface area (TPSA) is 80.8 Å². The summed E-state index contributed by atoms with van der Waals surface area (Å²) < 4.78 is 30.6. The van der Waals surface area contributed by atoms with Gasteiger partial charge in [-0.3, -0.25) is 9.10 Å². The molecule has 4 rings (SSSR count). The maximum Gasteiger partial charge on any atom is 0.338 e. The second-order valence-electron chi connectivity index (χ2n) is 7.79. The first kappa shape index (κ1) is 19.6. The molecule has 2 aliphatic rings. The second-order valence-corrected chi connectivity index (χ2v) is 9.65. The number of sulfonamides is 1. The van der Waals surface area contributed by atoms with Crippen LogP contribution in [0.5, 0.6) is 0 Å². The monoisotopic (exact) mass is 413 g/mol. The Hall–Kier alpha value is -2.67. The van der Waals surface area contributed by atoms with Crippen molar-refractivity contribution < 1.29 is 22.7 Å². The van der Waals surface area contributed by atoms with E-state index in [-0.39, 0.29) is 18.4 Å². The van der Waals surface area contributed by atoms with Crippen molar-refractivity contribution in [2.75, 3.05) is 17.2 Å². The van der Waals surface area contributed by atoms with Crippen LogP contribution in [0, 0.1) is 0 Å². The minimum atomic E-state index is -3.38. The molecule has 0 amide bonds. The zero-order valence-corrected chi connectivity index (χ0v) is 17.3. The van der Waals surface area contributed by atoms with E-state index in [1.807, 2.05) is 19.1 Å². The van der Waals surface area contributed by atoms with E-state index in [0.717, 1.165) is 24.8 Å². The number of ketones is 1. The summed E-state index contributed by atoms with van der Waals surface area (Å²) in [6.45, 7) is 1.49. The smallest absolute Gasteiger partial charge is 0.338 e. The van der Waals surface area contributed by atoms with E-state index in [9.17, 15) is 18.0 Å². The number of fused-ring (bicyclic) bond motifs is 2. The highest BCUT2D eigenvalue weighted by Gasteiger charge is 2.32. The first-order valence-electron chi connectivity index (χ1n) is 9.68. The van der Waals surface area contributed by atoms with Gasteiger partial charge in [0.2, 0.25) is 10.0 Å². The molecule has 0 spiro atoms. The fourth-order valence-electron chi connectivity index (χ4n) is 4.28. The van der Waals surface area contributed by atoms with Crippen molar-refractivity contribution in [3.63, 3.8) is 0 Å². The standard InChI is InChI=1S/C22H23NO5S/c1-14-10-19-12-17(8-9-20(19)23(14)29(2,26)27)21(24)13-28-22(25)18-7-6-15-4-3-5-16(15)11-18/h6-9,11-12,14H,3-5,10,13H2,1-2H3/t14-/m1/s1. The molecule has 0 N–H and O–H groups in total. The zero-order valence-electron chi connectivity index (χ0n) is 16.5. The molecule has 1 atom stereocenters. The lowest BCUT2D eigenvalue weighted by molar-refractivity contribution is 0.0474. The number of esters is 1. The van der Waals surface area contributed by atoms with Crippen molar-refractivity contribution >= 4 is 27.5 Å². The van der Waals surface area contributed by atoms with Gasteiger partial charge in [-0.25, -0.2) is 13.2 Å². The number of anilines is 1. The summed E-state index contributed by atoms with van der Waals surface area (Å²) in [6, 6.07) is 10.3. The summed E-state index contributed by atoms with van der Waals surface area (Å²) in [5, 5.41) is 0. The largest absolute Gasteiger partial charge is 0.454 e. The highest BCUT2D eigenvalue weighted by Crippen LogP contribution is 2.34. The third-order valence-electron chi connectivity index (χ3n) is 5.58. The van der Waals surface area contributed by atoms with Gasteiger partial charge in [-0.15, -0.1) is 0 Å². The van der Waals surface area contributed by atoms with Crippen LogP contribution in [-0.2, 0) is 34.0 Å². The Bertz CT molecular complexity index is 1110. The van der Waals surface area contributed by atoms with Crippen LogP contribution in [-0.4, -0.2) is 39.1 Å². The van der Waals surface area contributed by atoms with E-state index in [2.05, 4.69) is 0 Å².